The first-order valence-electron chi connectivity index (χ1n) is 20.5. The van der Waals surface area contributed by atoms with E-state index >= 15 is 0 Å². The highest BCUT2D eigenvalue weighted by molar-refractivity contribution is 5.91. The molecular formula is C56H45NO. The van der Waals surface area contributed by atoms with Crippen LogP contribution in [0.3, 0.4) is 0 Å². The van der Waals surface area contributed by atoms with Crippen molar-refractivity contribution in [2.45, 2.75) is 50.9 Å². The summed E-state index contributed by atoms with van der Waals surface area (Å²) in [5.41, 5.74) is 18.5. The predicted molar refractivity (Wildman–Crippen MR) is 240 cm³/mol. The summed E-state index contributed by atoms with van der Waals surface area (Å²) in [6.07, 6.45) is 0. The maximum atomic E-state index is 7.07. The third-order valence-corrected chi connectivity index (χ3v) is 13.1. The second kappa shape index (κ2) is 12.4. The van der Waals surface area contributed by atoms with Crippen molar-refractivity contribution in [2.24, 2.45) is 0 Å². The van der Waals surface area contributed by atoms with Crippen LogP contribution >= 0.6 is 0 Å². The highest BCUT2D eigenvalue weighted by Crippen LogP contribution is 2.64. The van der Waals surface area contributed by atoms with Gasteiger partial charge in [0.25, 0.3) is 0 Å². The van der Waals surface area contributed by atoms with Crippen LogP contribution < -0.4 is 9.64 Å². The number of benzene rings is 8. The average molecular weight is 748 g/mol. The molecule has 3 aliphatic heterocycles. The molecule has 0 saturated heterocycles. The molecule has 12 rings (SSSR count). The Hall–Kier alpha value is -6.64. The summed E-state index contributed by atoms with van der Waals surface area (Å²) in [7, 11) is 0. The maximum absolute atomic E-state index is 7.07. The summed E-state index contributed by atoms with van der Waals surface area (Å²) >= 11 is 0. The molecule has 0 amide bonds. The summed E-state index contributed by atoms with van der Waals surface area (Å²) in [6.45, 7) is 11.8. The normalized spacial score (nSPS) is 16.7. The molecule has 0 aromatic heterocycles. The van der Waals surface area contributed by atoms with Crippen molar-refractivity contribution in [2.75, 3.05) is 4.90 Å². The third-order valence-electron chi connectivity index (χ3n) is 13.1. The molecule has 4 aliphatic rings. The van der Waals surface area contributed by atoms with Crippen LogP contribution in [0.25, 0.3) is 33.4 Å². The lowest BCUT2D eigenvalue weighted by Gasteiger charge is -2.42. The first kappa shape index (κ1) is 34.6. The van der Waals surface area contributed by atoms with Crippen molar-refractivity contribution in [1.82, 2.24) is 0 Å². The highest BCUT2D eigenvalue weighted by Gasteiger charge is 2.52. The Morgan fingerprint density at radius 2 is 1.02 bits per heavy atom. The Balaban J connectivity index is 1.24. The van der Waals surface area contributed by atoms with Gasteiger partial charge in [-0.15, -0.1) is 0 Å². The minimum atomic E-state index is -0.573. The van der Waals surface area contributed by atoms with Gasteiger partial charge in [-0.3, -0.25) is 0 Å². The van der Waals surface area contributed by atoms with E-state index in [0.29, 0.717) is 0 Å². The summed E-state index contributed by atoms with van der Waals surface area (Å²) in [4.78, 5) is 2.44. The van der Waals surface area contributed by atoms with Crippen LogP contribution in [0.1, 0.15) is 73.6 Å². The fourth-order valence-corrected chi connectivity index (χ4v) is 9.99. The summed E-state index contributed by atoms with van der Waals surface area (Å²) in [5.74, 6) is 1.79. The van der Waals surface area contributed by atoms with Crippen LogP contribution in [0.4, 0.5) is 17.1 Å². The third kappa shape index (κ3) is 4.97. The van der Waals surface area contributed by atoms with Gasteiger partial charge in [0.2, 0.25) is 0 Å². The smallest absolute Gasteiger partial charge is 0.134 e. The van der Waals surface area contributed by atoms with E-state index in [-0.39, 0.29) is 5.41 Å². The number of hydrogen-bond acceptors (Lipinski definition) is 2. The molecule has 6 bridgehead atoms. The number of rotatable bonds is 3. The molecule has 1 aliphatic carbocycles. The number of para-hydroxylation sites is 1. The fraction of sp³-hybridized carbons (Fsp3) is 0.143. The van der Waals surface area contributed by atoms with Crippen molar-refractivity contribution in [3.8, 4) is 44.9 Å². The van der Waals surface area contributed by atoms with E-state index < -0.39 is 10.8 Å². The van der Waals surface area contributed by atoms with Crippen molar-refractivity contribution in [3.05, 3.63) is 221 Å². The quantitative estimate of drug-likeness (QED) is 0.178. The molecule has 58 heavy (non-hydrogen) atoms. The molecule has 8 aromatic rings. The molecule has 1 unspecified atom stereocenters. The van der Waals surface area contributed by atoms with E-state index in [2.05, 4.69) is 222 Å². The molecule has 0 fully saturated rings. The molecule has 2 nitrogen and oxygen atoms in total. The second-order valence-corrected chi connectivity index (χ2v) is 17.8. The topological polar surface area (TPSA) is 12.5 Å². The Morgan fingerprint density at radius 3 is 1.74 bits per heavy atom. The van der Waals surface area contributed by atoms with Gasteiger partial charge in [0.05, 0.1) is 11.1 Å². The summed E-state index contributed by atoms with van der Waals surface area (Å²) in [5, 5.41) is 0. The van der Waals surface area contributed by atoms with Gasteiger partial charge < -0.3 is 9.64 Å². The monoisotopic (exact) mass is 747 g/mol. The van der Waals surface area contributed by atoms with Crippen molar-refractivity contribution < 1.29 is 4.74 Å². The lowest BCUT2D eigenvalue weighted by molar-refractivity contribution is 0.436. The molecule has 0 saturated carbocycles. The van der Waals surface area contributed by atoms with Crippen molar-refractivity contribution in [3.63, 3.8) is 0 Å². The van der Waals surface area contributed by atoms with Crippen molar-refractivity contribution in [1.29, 1.82) is 0 Å². The van der Waals surface area contributed by atoms with Crippen LogP contribution in [0, 0.1) is 0 Å². The largest absolute Gasteiger partial charge is 0.457 e. The Bertz CT molecular complexity index is 2920. The Labute approximate surface area is 342 Å². The zero-order chi connectivity index (χ0) is 39.4. The van der Waals surface area contributed by atoms with E-state index in [9.17, 15) is 0 Å². The van der Waals surface area contributed by atoms with E-state index in [1.165, 1.54) is 72.3 Å². The molecular weight excluding hydrogens is 703 g/mol. The van der Waals surface area contributed by atoms with Gasteiger partial charge in [-0.25, -0.2) is 0 Å². The van der Waals surface area contributed by atoms with Crippen LogP contribution in [0.15, 0.2) is 182 Å². The van der Waals surface area contributed by atoms with Gasteiger partial charge >= 0.3 is 0 Å². The first-order valence-corrected chi connectivity index (χ1v) is 20.5. The molecule has 0 radical (unpaired) electrons. The maximum Gasteiger partial charge on any atom is 0.134 e. The van der Waals surface area contributed by atoms with Crippen LogP contribution in [-0.4, -0.2) is 0 Å². The van der Waals surface area contributed by atoms with Crippen molar-refractivity contribution >= 4 is 17.1 Å². The lowest BCUT2D eigenvalue weighted by Crippen LogP contribution is -2.33. The first-order chi connectivity index (χ1) is 28.1. The number of nitrogens with zero attached hydrogens (tertiary/aromatic N) is 1. The van der Waals surface area contributed by atoms with Crippen LogP contribution in [0.2, 0.25) is 0 Å². The standard InChI is InChI=1S/C56H45NO/c1-54(2,3)40-23-28-44-45-29-24-41-34-49(45)56(48(44)33-40)46-18-12-13-19-52(46)58-53-35-43(27-30-47(53)56)57(42-25-20-38(21-26-42)36-14-8-6-9-15-36)51-31-22-39(32-50(51)55(41,4)5)37-16-10-7-11-17-37/h6-35H,1-5H3. The van der Waals surface area contributed by atoms with E-state index in [1.54, 1.807) is 0 Å². The SMILES string of the molecule is CC(C)(C)c1ccc2c(c1)C13c4ccccc4Oc4cc(ccc41)N(c1ccc(-c4ccccc4)cc1)c1ccc(-c4ccccc4)cc1C(C)(C)c1ccc-2c3c1. The summed E-state index contributed by atoms with van der Waals surface area (Å²) < 4.78 is 7.07. The van der Waals surface area contributed by atoms with Gasteiger partial charge in [-0.1, -0.05) is 174 Å². The predicted octanol–water partition coefficient (Wildman–Crippen LogP) is 14.9. The van der Waals surface area contributed by atoms with Crippen LogP contribution in [0.5, 0.6) is 11.5 Å². The van der Waals surface area contributed by atoms with Gasteiger partial charge in [-0.2, -0.15) is 0 Å². The van der Waals surface area contributed by atoms with E-state index in [0.717, 1.165) is 28.6 Å². The minimum Gasteiger partial charge on any atom is -0.457 e. The van der Waals surface area contributed by atoms with Gasteiger partial charge in [0.15, 0.2) is 0 Å². The number of fused-ring (bicyclic) bond motifs is 4. The Kier molecular flexibility index (Phi) is 7.41. The average Bonchev–Trinajstić information content (AvgIpc) is 3.53. The summed E-state index contributed by atoms with van der Waals surface area (Å²) in [6, 6.07) is 67.7. The lowest BCUT2D eigenvalue weighted by atomic mass is 9.64. The van der Waals surface area contributed by atoms with Gasteiger partial charge in [0, 0.05) is 34.0 Å². The fourth-order valence-electron chi connectivity index (χ4n) is 9.99. The van der Waals surface area contributed by atoms with E-state index in [4.69, 9.17) is 4.74 Å². The van der Waals surface area contributed by atoms with Crippen LogP contribution in [-0.2, 0) is 16.2 Å². The molecule has 8 aromatic carbocycles. The van der Waals surface area contributed by atoms with Gasteiger partial charge in [0.1, 0.15) is 11.5 Å². The number of hydrogen-bond donors (Lipinski definition) is 0. The Morgan fingerprint density at radius 1 is 0.431 bits per heavy atom. The van der Waals surface area contributed by atoms with E-state index in [1.807, 2.05) is 0 Å². The molecule has 280 valence electrons. The molecule has 1 spiro atoms. The molecule has 3 heterocycles. The second-order valence-electron chi connectivity index (χ2n) is 17.8. The molecule has 2 heteroatoms. The molecule has 1 atom stereocenters. The van der Waals surface area contributed by atoms with Gasteiger partial charge in [-0.05, 0) is 103 Å². The number of ether oxygens (including phenoxy) is 1. The zero-order valence-electron chi connectivity index (χ0n) is 33.7. The number of anilines is 3. The minimum absolute atomic E-state index is 0.0207. The zero-order valence-corrected chi connectivity index (χ0v) is 33.7. The highest BCUT2D eigenvalue weighted by atomic mass is 16.5. The molecule has 0 N–H and O–H groups in total.